The lowest BCUT2D eigenvalue weighted by molar-refractivity contribution is -0.0519. The van der Waals surface area contributed by atoms with Gasteiger partial charge in [0.2, 0.25) is 0 Å². The number of hydrogen-bond donors (Lipinski definition) is 0. The fourth-order valence-corrected chi connectivity index (χ4v) is 5.12. The van der Waals surface area contributed by atoms with Crippen LogP contribution >= 0.6 is 22.9 Å². The predicted octanol–water partition coefficient (Wildman–Crippen LogP) is 4.30. The number of hydrogen-bond acceptors (Lipinski definition) is 5. The minimum atomic E-state index is -0.504. The van der Waals surface area contributed by atoms with Crippen molar-refractivity contribution >= 4 is 34.8 Å². The Labute approximate surface area is 171 Å². The van der Waals surface area contributed by atoms with Crippen molar-refractivity contribution in [3.63, 3.8) is 0 Å². The Balaban J connectivity index is 1.82. The summed E-state index contributed by atoms with van der Waals surface area (Å²) >= 11 is 7.43. The SMILES string of the molecule is CCCCn1c2c(s/c1=N\C(=O)c1cc(Cl)ccc1OC)C1(CCC1)OC2=O. The third-order valence-corrected chi connectivity index (χ3v) is 6.79. The fourth-order valence-electron chi connectivity index (χ4n) is 3.63. The first-order valence-electron chi connectivity index (χ1n) is 9.39. The average Bonchev–Trinajstić information content (AvgIpc) is 3.14. The molecule has 0 bridgehead atoms. The van der Waals surface area contributed by atoms with Crippen molar-refractivity contribution < 1.29 is 19.1 Å². The summed E-state index contributed by atoms with van der Waals surface area (Å²) in [6.07, 6.45) is 4.54. The number of nitrogens with zero attached hydrogens (tertiary/aromatic N) is 2. The van der Waals surface area contributed by atoms with Gasteiger partial charge in [-0.3, -0.25) is 4.79 Å². The average molecular weight is 421 g/mol. The van der Waals surface area contributed by atoms with Gasteiger partial charge in [-0.2, -0.15) is 4.99 Å². The van der Waals surface area contributed by atoms with E-state index in [0.717, 1.165) is 37.0 Å². The molecule has 0 saturated heterocycles. The third kappa shape index (κ3) is 3.06. The summed E-state index contributed by atoms with van der Waals surface area (Å²) < 4.78 is 12.8. The first-order valence-corrected chi connectivity index (χ1v) is 10.6. The monoisotopic (exact) mass is 420 g/mol. The molecule has 1 aromatic carbocycles. The van der Waals surface area contributed by atoms with Gasteiger partial charge < -0.3 is 14.0 Å². The van der Waals surface area contributed by atoms with E-state index in [1.165, 1.54) is 18.4 Å². The smallest absolute Gasteiger partial charge is 0.357 e. The molecule has 1 saturated carbocycles. The molecular formula is C20H21ClN2O4S. The molecule has 0 unspecified atom stereocenters. The van der Waals surface area contributed by atoms with E-state index in [9.17, 15) is 9.59 Å². The number of unbranched alkanes of at least 4 members (excludes halogenated alkanes) is 1. The maximum Gasteiger partial charge on any atom is 0.357 e. The lowest BCUT2D eigenvalue weighted by atomic mass is 9.79. The lowest BCUT2D eigenvalue weighted by Crippen LogP contribution is -2.33. The summed E-state index contributed by atoms with van der Waals surface area (Å²) in [4.78, 5) is 31.2. The number of benzene rings is 1. The Morgan fingerprint density at radius 2 is 2.21 bits per heavy atom. The number of ether oxygens (including phenoxy) is 2. The highest BCUT2D eigenvalue weighted by atomic mass is 35.5. The molecule has 0 atom stereocenters. The molecule has 2 aliphatic rings. The molecule has 1 amide bonds. The first-order chi connectivity index (χ1) is 13.5. The van der Waals surface area contributed by atoms with Gasteiger partial charge in [0.15, 0.2) is 4.80 Å². The topological polar surface area (TPSA) is 69.9 Å². The fraction of sp³-hybridized carbons (Fsp3) is 0.450. The van der Waals surface area contributed by atoms with E-state index < -0.39 is 11.5 Å². The normalized spacial score (nSPS) is 17.4. The summed E-state index contributed by atoms with van der Waals surface area (Å²) in [5.74, 6) is -0.339. The lowest BCUT2D eigenvalue weighted by Gasteiger charge is -2.35. The maximum atomic E-state index is 12.9. The molecule has 1 aliphatic heterocycles. The second-order valence-corrected chi connectivity index (χ2v) is 8.48. The number of carbonyl (C=O) groups excluding carboxylic acids is 2. The molecule has 1 aromatic heterocycles. The van der Waals surface area contributed by atoms with Gasteiger partial charge in [-0.15, -0.1) is 0 Å². The predicted molar refractivity (Wildman–Crippen MR) is 106 cm³/mol. The van der Waals surface area contributed by atoms with Crippen molar-refractivity contribution in [1.82, 2.24) is 4.57 Å². The quantitative estimate of drug-likeness (QED) is 0.676. The van der Waals surface area contributed by atoms with Crippen molar-refractivity contribution in [3.05, 3.63) is 44.2 Å². The third-order valence-electron chi connectivity index (χ3n) is 5.29. The Hall–Kier alpha value is -2.12. The van der Waals surface area contributed by atoms with Gasteiger partial charge in [0.05, 0.1) is 17.6 Å². The molecule has 148 valence electrons. The van der Waals surface area contributed by atoms with Gasteiger partial charge in [0.25, 0.3) is 5.91 Å². The first kappa shape index (κ1) is 19.2. The van der Waals surface area contributed by atoms with Crippen LogP contribution in [0.4, 0.5) is 0 Å². The zero-order valence-electron chi connectivity index (χ0n) is 15.8. The van der Waals surface area contributed by atoms with Crippen molar-refractivity contribution in [3.8, 4) is 5.75 Å². The van der Waals surface area contributed by atoms with Gasteiger partial charge in [0.1, 0.15) is 17.0 Å². The number of rotatable bonds is 5. The standard InChI is InChI=1S/C20H21ClN2O4S/c1-3-4-10-23-15-16(20(8-5-9-20)27-18(15)25)28-19(23)22-17(24)13-11-12(21)6-7-14(13)26-2/h6-7,11H,3-5,8-10H2,1-2H3/b22-19-. The van der Waals surface area contributed by atoms with E-state index >= 15 is 0 Å². The molecule has 2 heterocycles. The summed E-state index contributed by atoms with van der Waals surface area (Å²) in [5, 5.41) is 0.434. The largest absolute Gasteiger partial charge is 0.496 e. The van der Waals surface area contributed by atoms with Crippen LogP contribution in [0.2, 0.25) is 5.02 Å². The summed E-state index contributed by atoms with van der Waals surface area (Å²) in [6.45, 7) is 2.70. The number of esters is 1. The maximum absolute atomic E-state index is 12.9. The van der Waals surface area contributed by atoms with Crippen molar-refractivity contribution in [2.75, 3.05) is 7.11 Å². The van der Waals surface area contributed by atoms with Crippen molar-refractivity contribution in [2.24, 2.45) is 4.99 Å². The molecule has 1 fully saturated rings. The van der Waals surface area contributed by atoms with E-state index in [-0.39, 0.29) is 5.97 Å². The highest BCUT2D eigenvalue weighted by molar-refractivity contribution is 7.09. The number of carbonyl (C=O) groups is 2. The zero-order valence-corrected chi connectivity index (χ0v) is 17.4. The molecule has 1 spiro atoms. The van der Waals surface area contributed by atoms with E-state index in [2.05, 4.69) is 11.9 Å². The molecule has 1 aliphatic carbocycles. The zero-order chi connectivity index (χ0) is 19.9. The van der Waals surface area contributed by atoms with Gasteiger partial charge in [-0.1, -0.05) is 36.3 Å². The summed E-state index contributed by atoms with van der Waals surface area (Å²) in [7, 11) is 1.50. The number of aromatic nitrogens is 1. The number of thiazole rings is 1. The Kier molecular flexibility index (Phi) is 5.05. The van der Waals surface area contributed by atoms with Gasteiger partial charge in [0, 0.05) is 11.6 Å². The Morgan fingerprint density at radius 3 is 2.86 bits per heavy atom. The number of methoxy groups -OCH3 is 1. The van der Waals surface area contributed by atoms with Crippen LogP contribution in [0.3, 0.4) is 0 Å². The van der Waals surface area contributed by atoms with Crippen LogP contribution in [-0.2, 0) is 16.9 Å². The summed E-state index contributed by atoms with van der Waals surface area (Å²) in [5.41, 5.74) is 0.351. The highest BCUT2D eigenvalue weighted by Crippen LogP contribution is 2.51. The van der Waals surface area contributed by atoms with Crippen LogP contribution in [0.15, 0.2) is 23.2 Å². The van der Waals surface area contributed by atoms with Crippen LogP contribution in [0.1, 0.15) is 64.8 Å². The van der Waals surface area contributed by atoms with Crippen molar-refractivity contribution in [2.45, 2.75) is 51.2 Å². The van der Waals surface area contributed by atoms with Gasteiger partial charge in [-0.05, 0) is 43.9 Å². The van der Waals surface area contributed by atoms with Crippen molar-refractivity contribution in [1.29, 1.82) is 0 Å². The van der Waals surface area contributed by atoms with E-state index in [1.54, 1.807) is 18.2 Å². The van der Waals surface area contributed by atoms with Gasteiger partial charge >= 0.3 is 5.97 Å². The molecule has 6 nitrogen and oxygen atoms in total. The van der Waals surface area contributed by atoms with E-state index in [4.69, 9.17) is 21.1 Å². The number of fused-ring (bicyclic) bond motifs is 2. The Morgan fingerprint density at radius 1 is 1.43 bits per heavy atom. The van der Waals surface area contributed by atoms with Crippen LogP contribution < -0.4 is 9.54 Å². The second-order valence-electron chi connectivity index (χ2n) is 7.07. The van der Waals surface area contributed by atoms with Crippen LogP contribution in [0.25, 0.3) is 0 Å². The van der Waals surface area contributed by atoms with Crippen LogP contribution in [0.5, 0.6) is 5.75 Å². The minimum absolute atomic E-state index is 0.298. The summed E-state index contributed by atoms with van der Waals surface area (Å²) in [6, 6.07) is 4.85. The molecule has 4 rings (SSSR count). The van der Waals surface area contributed by atoms with Crippen LogP contribution in [0, 0.1) is 0 Å². The highest BCUT2D eigenvalue weighted by Gasteiger charge is 2.53. The number of amides is 1. The molecule has 8 heteroatoms. The second kappa shape index (κ2) is 7.37. The van der Waals surface area contributed by atoms with Crippen LogP contribution in [-0.4, -0.2) is 23.6 Å². The van der Waals surface area contributed by atoms with E-state index in [1.807, 2.05) is 4.57 Å². The molecule has 0 radical (unpaired) electrons. The Bertz CT molecular complexity index is 1020. The molecule has 2 aromatic rings. The van der Waals surface area contributed by atoms with E-state index in [0.29, 0.717) is 33.4 Å². The number of halogens is 1. The molecule has 28 heavy (non-hydrogen) atoms. The van der Waals surface area contributed by atoms with Gasteiger partial charge in [-0.25, -0.2) is 4.79 Å². The molecular weight excluding hydrogens is 400 g/mol. The minimum Gasteiger partial charge on any atom is -0.496 e. The molecule has 0 N–H and O–H groups in total.